The Kier molecular flexibility index (Phi) is 17.0. The van der Waals surface area contributed by atoms with Crippen LogP contribution in [0.5, 0.6) is 0 Å². The van der Waals surface area contributed by atoms with E-state index in [0.29, 0.717) is 80.7 Å². The Labute approximate surface area is 364 Å². The Morgan fingerprint density at radius 1 is 0.733 bits per heavy atom. The largest absolute Gasteiger partial charge is 2.00 e. The maximum Gasteiger partial charge on any atom is 2.00 e. The molecule has 1 atom stereocenters. The number of carbonyl (C=O) groups is 3. The fraction of sp³-hybridized carbons (Fsp3) is 0.408. The molecule has 0 saturated heterocycles. The Morgan fingerprint density at radius 2 is 1.30 bits per heavy atom. The van der Waals surface area contributed by atoms with Gasteiger partial charge in [-0.2, -0.15) is 0 Å². The van der Waals surface area contributed by atoms with Gasteiger partial charge in [-0.25, -0.2) is 9.97 Å². The number of aryl methyl sites for hydroxylation is 2. The number of carboxylic acids is 2. The van der Waals surface area contributed by atoms with Crippen molar-refractivity contribution >= 4 is 68.7 Å². The van der Waals surface area contributed by atoms with Gasteiger partial charge in [0.15, 0.2) is 0 Å². The molecule has 11 heteroatoms. The van der Waals surface area contributed by atoms with Crippen LogP contribution in [0.4, 0.5) is 0 Å². The number of hydrogen-bond acceptors (Lipinski definition) is 6. The van der Waals surface area contributed by atoms with E-state index < -0.39 is 18.0 Å². The molecule has 3 N–H and O–H groups in total. The van der Waals surface area contributed by atoms with E-state index >= 15 is 0 Å². The molecule has 0 spiro atoms. The van der Waals surface area contributed by atoms with E-state index in [-0.39, 0.29) is 48.3 Å². The normalized spacial score (nSPS) is 13.8. The molecule has 5 rings (SSSR count). The zero-order valence-electron chi connectivity index (χ0n) is 36.0. The molecule has 10 nitrogen and oxygen atoms in total. The van der Waals surface area contributed by atoms with Gasteiger partial charge in [-0.3, -0.25) is 14.4 Å². The first-order valence-electron chi connectivity index (χ1n) is 20.7. The summed E-state index contributed by atoms with van der Waals surface area (Å²) in [6, 6.07) is 7.14. The number of aliphatic carboxylic acids is 2. The molecule has 3 aromatic rings. The Morgan fingerprint density at radius 3 is 1.95 bits per heavy atom. The average molecular weight is 855 g/mol. The van der Waals surface area contributed by atoms with Crippen LogP contribution in [0.1, 0.15) is 156 Å². The Balaban J connectivity index is 0.00000794. The molecule has 5 heterocycles. The third-order valence-electron chi connectivity index (χ3n) is 11.4. The number of aliphatic hydroxyl groups is 1. The summed E-state index contributed by atoms with van der Waals surface area (Å²) in [6.07, 6.45) is 12.7. The molecule has 0 fully saturated rings. The molecule has 0 aromatic carbocycles. The average Bonchev–Trinajstić information content (AvgIpc) is 3.85. The van der Waals surface area contributed by atoms with E-state index in [1.807, 2.05) is 32.9 Å². The minimum atomic E-state index is -1.02. The van der Waals surface area contributed by atoms with Crippen molar-refractivity contribution in [3.8, 4) is 0 Å². The van der Waals surface area contributed by atoms with Crippen molar-refractivity contribution < 1.29 is 46.8 Å². The number of nitrogens with zero attached hydrogens (tertiary/aromatic N) is 4. The van der Waals surface area contributed by atoms with E-state index in [2.05, 4.69) is 46.4 Å². The van der Waals surface area contributed by atoms with Crippen LogP contribution in [0.3, 0.4) is 0 Å². The maximum atomic E-state index is 12.8. The van der Waals surface area contributed by atoms with Crippen molar-refractivity contribution in [3.63, 3.8) is 0 Å². The molecule has 2 aliphatic rings. The summed E-state index contributed by atoms with van der Waals surface area (Å²) in [7, 11) is 0. The predicted octanol–water partition coefficient (Wildman–Crippen LogP) is 10.7. The van der Waals surface area contributed by atoms with E-state index in [1.54, 1.807) is 18.2 Å². The number of allylic oxidation sites excluding steroid dienone is 7. The topological polar surface area (TPSA) is 166 Å². The van der Waals surface area contributed by atoms with Gasteiger partial charge in [-0.1, -0.05) is 91.6 Å². The summed E-state index contributed by atoms with van der Waals surface area (Å²) in [5.41, 5.74) is 12.1. The molecule has 0 saturated carbocycles. The van der Waals surface area contributed by atoms with Crippen molar-refractivity contribution in [2.75, 3.05) is 0 Å². The van der Waals surface area contributed by atoms with Gasteiger partial charge >= 0.3 is 29.0 Å². The van der Waals surface area contributed by atoms with Crippen LogP contribution in [-0.2, 0) is 33.1 Å². The van der Waals surface area contributed by atoms with Gasteiger partial charge in [-0.15, -0.1) is 22.1 Å². The maximum absolute atomic E-state index is 12.8. The fourth-order valence-electron chi connectivity index (χ4n) is 7.92. The minimum Gasteiger partial charge on any atom is -0.657 e. The van der Waals surface area contributed by atoms with Gasteiger partial charge in [0.05, 0.1) is 28.9 Å². The smallest absolute Gasteiger partial charge is 0.657 e. The van der Waals surface area contributed by atoms with Crippen molar-refractivity contribution in [3.05, 3.63) is 99.2 Å². The molecule has 2 aliphatic heterocycles. The second-order valence-electron chi connectivity index (χ2n) is 16.3. The summed E-state index contributed by atoms with van der Waals surface area (Å²) in [5, 5.41) is 31.0. The van der Waals surface area contributed by atoms with Crippen LogP contribution in [0.2, 0.25) is 0 Å². The van der Waals surface area contributed by atoms with Crippen molar-refractivity contribution in [2.24, 2.45) is 5.92 Å². The molecule has 0 aliphatic carbocycles. The SMILES string of the molecule is C=Cc1c(C)c2cc3nc(cc4[n-]c(cc5nc(cc1[n-]2)C(C)=C5CCC(=O)O)c(CCC(=O)O)c4C=O)C(C)=C3C(O)CC/C=C(\C)CC/C=C(\C)CCCC(C)C.[Fe+2]. The third-order valence-corrected chi connectivity index (χ3v) is 11.4. The Hall–Kier alpha value is -5.09. The van der Waals surface area contributed by atoms with E-state index in [4.69, 9.17) is 19.9 Å². The third kappa shape index (κ3) is 11.6. The minimum absolute atomic E-state index is 0. The van der Waals surface area contributed by atoms with Gasteiger partial charge in [0, 0.05) is 24.0 Å². The molecule has 0 radical (unpaired) electrons. The number of carbonyl (C=O) groups excluding carboxylic acids is 1. The first-order chi connectivity index (χ1) is 28.1. The zero-order valence-corrected chi connectivity index (χ0v) is 37.1. The number of carboxylic acid groups (broad SMARTS) is 2. The van der Waals surface area contributed by atoms with Crippen LogP contribution >= 0.6 is 0 Å². The molecule has 318 valence electrons. The molecule has 0 amide bonds. The number of fused-ring (bicyclic) bond motifs is 8. The summed E-state index contributed by atoms with van der Waals surface area (Å²) in [4.78, 5) is 56.0. The van der Waals surface area contributed by atoms with Crippen LogP contribution in [-0.4, -0.2) is 49.6 Å². The molecule has 3 aromatic heterocycles. The van der Waals surface area contributed by atoms with Gasteiger partial charge in [0.25, 0.3) is 0 Å². The van der Waals surface area contributed by atoms with Crippen molar-refractivity contribution in [1.29, 1.82) is 0 Å². The zero-order chi connectivity index (χ0) is 43.0. The van der Waals surface area contributed by atoms with E-state index in [0.717, 1.165) is 47.5 Å². The van der Waals surface area contributed by atoms with Gasteiger partial charge < -0.3 is 25.3 Å². The summed E-state index contributed by atoms with van der Waals surface area (Å²) in [6.45, 7) is 18.7. The van der Waals surface area contributed by atoms with Crippen molar-refractivity contribution in [1.82, 2.24) is 19.9 Å². The Bertz CT molecular complexity index is 2430. The molecular weight excluding hydrogens is 796 g/mol. The standard InChI is InChI=1S/C49H60N4O6.Fe/c1-9-34-31(6)39-25-45-49(46(55)18-12-17-30(5)16-11-15-29(4)14-10-13-28(2)3)33(8)40(52-45)24-44-37(27-54)36(20-22-48(58)59)43(53-44)26-42-35(19-21-47(56)57)32(7)38(51-42)23-41(34)50-39;/h9,15,17,23-28,46,55H,1,10-14,16,18-22H2,2-8H3,(H4,50,51,52,53,54,56,57,58,59);/q;+2/p-2/b29-15+,30-17+,38-23?,39-25?,40-24?,41-23?,42-26?,43-26?,44-24?,45-25?;. The fourth-order valence-corrected chi connectivity index (χ4v) is 7.92. The molecule has 8 bridgehead atoms. The quantitative estimate of drug-likeness (QED) is 0.0600. The first kappa shape index (κ1) is 47.6. The first-order valence-corrected chi connectivity index (χ1v) is 20.7. The predicted molar refractivity (Wildman–Crippen MR) is 238 cm³/mol. The van der Waals surface area contributed by atoms with E-state index in [1.165, 1.54) is 24.0 Å². The van der Waals surface area contributed by atoms with Gasteiger partial charge in [-0.05, 0) is 114 Å². The van der Waals surface area contributed by atoms with E-state index in [9.17, 15) is 29.7 Å². The van der Waals surface area contributed by atoms with Gasteiger partial charge in [0.2, 0.25) is 0 Å². The van der Waals surface area contributed by atoms with Crippen LogP contribution in [0.15, 0.2) is 54.1 Å². The molecule has 60 heavy (non-hydrogen) atoms. The number of aromatic nitrogens is 4. The van der Waals surface area contributed by atoms with Gasteiger partial charge in [0.1, 0.15) is 6.29 Å². The summed E-state index contributed by atoms with van der Waals surface area (Å²) < 4.78 is 0. The van der Waals surface area contributed by atoms with Crippen LogP contribution in [0, 0.1) is 12.8 Å². The summed E-state index contributed by atoms with van der Waals surface area (Å²) in [5.74, 6) is -1.25. The second-order valence-corrected chi connectivity index (χ2v) is 16.3. The molecule has 1 unspecified atom stereocenters. The number of hydrogen-bond donors (Lipinski definition) is 3. The number of aldehydes is 1. The molecular formula is C49H58FeN4O6. The number of aliphatic hydroxyl groups excluding tert-OH is 1. The summed E-state index contributed by atoms with van der Waals surface area (Å²) >= 11 is 0. The van der Waals surface area contributed by atoms with Crippen LogP contribution < -0.4 is 9.97 Å². The van der Waals surface area contributed by atoms with Crippen molar-refractivity contribution in [2.45, 2.75) is 125 Å². The monoisotopic (exact) mass is 854 g/mol. The van der Waals surface area contributed by atoms with Crippen LogP contribution in [0.25, 0.3) is 50.4 Å². The number of rotatable bonds is 19. The second kappa shape index (κ2) is 21.4.